The highest BCUT2D eigenvalue weighted by molar-refractivity contribution is 5.88. The van der Waals surface area contributed by atoms with E-state index in [4.69, 9.17) is 4.74 Å². The zero-order chi connectivity index (χ0) is 16.2. The number of aryl methyl sites for hydroxylation is 1. The molecule has 7 nitrogen and oxygen atoms in total. The topological polar surface area (TPSA) is 60.9 Å². The zero-order valence-corrected chi connectivity index (χ0v) is 13.9. The Kier molecular flexibility index (Phi) is 4.97. The molecule has 126 valence electrons. The summed E-state index contributed by atoms with van der Waals surface area (Å²) in [6.45, 7) is 8.51. The first-order valence-electron chi connectivity index (χ1n) is 8.18. The van der Waals surface area contributed by atoms with Gasteiger partial charge in [0.2, 0.25) is 0 Å². The van der Waals surface area contributed by atoms with E-state index in [0.717, 1.165) is 37.6 Å². The predicted molar refractivity (Wildman–Crippen MR) is 90.1 cm³/mol. The molecule has 1 aromatic heterocycles. The maximum Gasteiger partial charge on any atom is 0.323 e. The summed E-state index contributed by atoms with van der Waals surface area (Å²) < 4.78 is 5.27. The number of morpholine rings is 1. The van der Waals surface area contributed by atoms with E-state index in [1.54, 1.807) is 4.90 Å². The molecule has 23 heavy (non-hydrogen) atoms. The summed E-state index contributed by atoms with van der Waals surface area (Å²) in [5, 5.41) is 2.91. The molecule has 0 atom stereocenters. The van der Waals surface area contributed by atoms with Gasteiger partial charge in [0.1, 0.15) is 11.6 Å². The van der Waals surface area contributed by atoms with Crippen molar-refractivity contribution in [1.82, 2.24) is 14.8 Å². The molecular formula is C16H25N5O2. The van der Waals surface area contributed by atoms with E-state index in [1.165, 1.54) is 0 Å². The largest absolute Gasteiger partial charge is 0.378 e. The molecule has 2 aliphatic rings. The number of nitrogens with zero attached hydrogens (tertiary/aromatic N) is 4. The van der Waals surface area contributed by atoms with Gasteiger partial charge in [0.25, 0.3) is 0 Å². The van der Waals surface area contributed by atoms with Crippen LogP contribution in [0.5, 0.6) is 0 Å². The summed E-state index contributed by atoms with van der Waals surface area (Å²) >= 11 is 0. The highest BCUT2D eigenvalue weighted by Gasteiger charge is 2.20. The number of anilines is 2. The summed E-state index contributed by atoms with van der Waals surface area (Å²) in [6.07, 6.45) is 0. The Morgan fingerprint density at radius 1 is 1.13 bits per heavy atom. The molecule has 0 saturated carbocycles. The second-order valence-corrected chi connectivity index (χ2v) is 6.16. The van der Waals surface area contributed by atoms with E-state index in [0.29, 0.717) is 32.1 Å². The van der Waals surface area contributed by atoms with Crippen molar-refractivity contribution in [2.45, 2.75) is 6.92 Å². The van der Waals surface area contributed by atoms with Gasteiger partial charge in [0.05, 0.1) is 13.2 Å². The quantitative estimate of drug-likeness (QED) is 0.881. The van der Waals surface area contributed by atoms with Crippen molar-refractivity contribution in [1.29, 1.82) is 0 Å². The monoisotopic (exact) mass is 319 g/mol. The van der Waals surface area contributed by atoms with Crippen LogP contribution in [0.1, 0.15) is 5.56 Å². The van der Waals surface area contributed by atoms with Gasteiger partial charge in [-0.15, -0.1) is 0 Å². The van der Waals surface area contributed by atoms with Crippen molar-refractivity contribution in [2.75, 3.05) is 69.7 Å². The Hall–Kier alpha value is -1.86. The Morgan fingerprint density at radius 3 is 2.52 bits per heavy atom. The van der Waals surface area contributed by atoms with Gasteiger partial charge in [-0.25, -0.2) is 9.78 Å². The molecule has 7 heteroatoms. The van der Waals surface area contributed by atoms with Crippen molar-refractivity contribution < 1.29 is 9.53 Å². The molecule has 0 unspecified atom stereocenters. The van der Waals surface area contributed by atoms with E-state index < -0.39 is 0 Å². The van der Waals surface area contributed by atoms with Crippen LogP contribution in [-0.2, 0) is 4.74 Å². The van der Waals surface area contributed by atoms with Crippen molar-refractivity contribution in [3.63, 3.8) is 0 Å². The Bertz CT molecular complexity index is 551. The normalized spacial score (nSPS) is 19.7. The summed E-state index contributed by atoms with van der Waals surface area (Å²) in [6, 6.07) is 3.79. The number of nitrogens with one attached hydrogen (secondary N) is 1. The molecule has 0 aliphatic carbocycles. The first-order valence-corrected chi connectivity index (χ1v) is 8.18. The van der Waals surface area contributed by atoms with Gasteiger partial charge in [-0.05, 0) is 25.6 Å². The van der Waals surface area contributed by atoms with Gasteiger partial charge in [0.15, 0.2) is 0 Å². The fourth-order valence-corrected chi connectivity index (χ4v) is 2.88. The fraction of sp³-hybridized carbons (Fsp3) is 0.625. The van der Waals surface area contributed by atoms with Crippen molar-refractivity contribution >= 4 is 17.7 Å². The molecule has 1 N–H and O–H groups in total. The summed E-state index contributed by atoms with van der Waals surface area (Å²) in [5.41, 5.74) is 1.14. The third-order valence-corrected chi connectivity index (χ3v) is 4.41. The lowest BCUT2D eigenvalue weighted by molar-refractivity contribution is 0.0564. The van der Waals surface area contributed by atoms with Gasteiger partial charge in [-0.3, -0.25) is 5.32 Å². The molecule has 0 radical (unpaired) electrons. The first kappa shape index (κ1) is 16.0. The number of hydrogen-bond donors (Lipinski definition) is 1. The SMILES string of the molecule is Cc1ccc(NC(=O)N2CCOCC2)nc1N1CCN(C)CC1. The molecule has 2 aliphatic heterocycles. The maximum atomic E-state index is 12.3. The van der Waals surface area contributed by atoms with Crippen molar-refractivity contribution in [3.8, 4) is 0 Å². The number of carbonyl (C=O) groups is 1. The molecule has 0 bridgehead atoms. The highest BCUT2D eigenvalue weighted by Crippen LogP contribution is 2.21. The number of carbonyl (C=O) groups excluding carboxylic acids is 1. The predicted octanol–water partition coefficient (Wildman–Crippen LogP) is 1.01. The number of urea groups is 1. The smallest absolute Gasteiger partial charge is 0.323 e. The van der Waals surface area contributed by atoms with E-state index in [9.17, 15) is 4.79 Å². The van der Waals surface area contributed by atoms with Crippen LogP contribution in [0.2, 0.25) is 0 Å². The van der Waals surface area contributed by atoms with Crippen LogP contribution in [-0.4, -0.2) is 80.3 Å². The number of likely N-dealkylation sites (N-methyl/N-ethyl adjacent to an activating group) is 1. The minimum absolute atomic E-state index is 0.103. The summed E-state index contributed by atoms with van der Waals surface area (Å²) in [7, 11) is 2.14. The number of rotatable bonds is 2. The van der Waals surface area contributed by atoms with Gasteiger partial charge < -0.3 is 19.4 Å². The number of pyridine rings is 1. The lowest BCUT2D eigenvalue weighted by Crippen LogP contribution is -2.45. The molecule has 1 aromatic rings. The Morgan fingerprint density at radius 2 is 1.83 bits per heavy atom. The lowest BCUT2D eigenvalue weighted by Gasteiger charge is -2.34. The second kappa shape index (κ2) is 7.14. The molecule has 2 amide bonds. The number of aromatic nitrogens is 1. The van der Waals surface area contributed by atoms with Crippen LogP contribution in [0, 0.1) is 6.92 Å². The molecular weight excluding hydrogens is 294 g/mol. The molecule has 2 fully saturated rings. The van der Waals surface area contributed by atoms with Crippen LogP contribution < -0.4 is 10.2 Å². The minimum Gasteiger partial charge on any atom is -0.378 e. The van der Waals surface area contributed by atoms with Gasteiger partial charge >= 0.3 is 6.03 Å². The van der Waals surface area contributed by atoms with Crippen LogP contribution in [0.3, 0.4) is 0 Å². The standard InChI is InChI=1S/C16H25N5O2/c1-13-3-4-14(18-16(22)21-9-11-23-12-10-21)17-15(13)20-7-5-19(2)6-8-20/h3-4H,5-12H2,1-2H3,(H,17,18,22). The molecule has 0 spiro atoms. The molecule has 3 rings (SSSR count). The number of hydrogen-bond acceptors (Lipinski definition) is 5. The van der Waals surface area contributed by atoms with E-state index in [2.05, 4.69) is 34.1 Å². The number of piperazine rings is 1. The molecule has 3 heterocycles. The van der Waals surface area contributed by atoms with Crippen molar-refractivity contribution in [3.05, 3.63) is 17.7 Å². The average Bonchev–Trinajstić information content (AvgIpc) is 2.58. The first-order chi connectivity index (χ1) is 11.1. The summed E-state index contributed by atoms with van der Waals surface area (Å²) in [5.74, 6) is 1.58. The Labute approximate surface area is 137 Å². The van der Waals surface area contributed by atoms with E-state index in [-0.39, 0.29) is 6.03 Å². The number of amides is 2. The van der Waals surface area contributed by atoms with E-state index >= 15 is 0 Å². The van der Waals surface area contributed by atoms with Crippen LogP contribution >= 0.6 is 0 Å². The Balaban J connectivity index is 1.68. The number of ether oxygens (including phenoxy) is 1. The van der Waals surface area contributed by atoms with Crippen LogP contribution in [0.4, 0.5) is 16.4 Å². The average molecular weight is 319 g/mol. The molecule has 0 aromatic carbocycles. The molecule has 2 saturated heterocycles. The van der Waals surface area contributed by atoms with E-state index in [1.807, 2.05) is 12.1 Å². The lowest BCUT2D eigenvalue weighted by atomic mass is 10.2. The minimum atomic E-state index is -0.103. The van der Waals surface area contributed by atoms with Gasteiger partial charge in [-0.2, -0.15) is 0 Å². The fourth-order valence-electron chi connectivity index (χ4n) is 2.88. The maximum absolute atomic E-state index is 12.3. The second-order valence-electron chi connectivity index (χ2n) is 6.16. The summed E-state index contributed by atoms with van der Waals surface area (Å²) in [4.78, 5) is 23.3. The van der Waals surface area contributed by atoms with Gasteiger partial charge in [0, 0.05) is 39.3 Å². The van der Waals surface area contributed by atoms with Gasteiger partial charge in [-0.1, -0.05) is 6.07 Å². The third-order valence-electron chi connectivity index (χ3n) is 4.41. The van der Waals surface area contributed by atoms with Crippen LogP contribution in [0.15, 0.2) is 12.1 Å². The third kappa shape index (κ3) is 3.92. The van der Waals surface area contributed by atoms with Crippen molar-refractivity contribution in [2.24, 2.45) is 0 Å². The van der Waals surface area contributed by atoms with Crippen LogP contribution in [0.25, 0.3) is 0 Å². The highest BCUT2D eigenvalue weighted by atomic mass is 16.5. The zero-order valence-electron chi connectivity index (χ0n) is 13.9.